The largest absolute Gasteiger partial charge is 0.372 e. The van der Waals surface area contributed by atoms with Gasteiger partial charge in [-0.2, -0.15) is 0 Å². The summed E-state index contributed by atoms with van der Waals surface area (Å²) >= 11 is 5.57. The number of aliphatic imine (C=N–C) groups is 1. The first kappa shape index (κ1) is 29.5. The summed E-state index contributed by atoms with van der Waals surface area (Å²) in [7, 11) is 0. The van der Waals surface area contributed by atoms with Crippen LogP contribution in [0.15, 0.2) is 77.2 Å². The van der Waals surface area contributed by atoms with Crippen LogP contribution < -0.4 is 5.32 Å². The Labute approximate surface area is 221 Å². The molecule has 0 radical (unpaired) electrons. The molecule has 1 fully saturated rings. The maximum Gasteiger partial charge on any atom is 0.141 e. The van der Waals surface area contributed by atoms with Crippen LogP contribution in [0.4, 0.5) is 4.39 Å². The van der Waals surface area contributed by atoms with Gasteiger partial charge in [-0.1, -0.05) is 56.2 Å². The minimum absolute atomic E-state index is 0.218. The van der Waals surface area contributed by atoms with E-state index in [1.807, 2.05) is 24.5 Å². The summed E-state index contributed by atoms with van der Waals surface area (Å²) in [6.45, 7) is 14.6. The minimum atomic E-state index is -0.341. The first-order valence-electron chi connectivity index (χ1n) is 12.8. The van der Waals surface area contributed by atoms with Crippen molar-refractivity contribution in [2.75, 3.05) is 26.2 Å². The fourth-order valence-electron chi connectivity index (χ4n) is 4.07. The summed E-state index contributed by atoms with van der Waals surface area (Å²) in [6.07, 6.45) is 11.0. The van der Waals surface area contributed by atoms with Crippen molar-refractivity contribution in [2.24, 2.45) is 4.99 Å². The van der Waals surface area contributed by atoms with Crippen molar-refractivity contribution in [2.45, 2.75) is 53.9 Å². The Hall–Kier alpha value is -2.76. The second kappa shape index (κ2) is 16.1. The molecule has 1 aromatic carbocycles. The van der Waals surface area contributed by atoms with Crippen molar-refractivity contribution >= 4 is 22.9 Å². The summed E-state index contributed by atoms with van der Waals surface area (Å²) in [6, 6.07) is 10.9. The van der Waals surface area contributed by atoms with Crippen molar-refractivity contribution < 1.29 is 4.39 Å². The van der Waals surface area contributed by atoms with E-state index in [0.717, 1.165) is 68.0 Å². The molecule has 0 bridgehead atoms. The number of aromatic nitrogens is 1. The summed E-state index contributed by atoms with van der Waals surface area (Å²) in [5.74, 6) is -0.341. The van der Waals surface area contributed by atoms with E-state index in [1.54, 1.807) is 12.1 Å². The molecule has 194 valence electrons. The Morgan fingerprint density at radius 3 is 2.50 bits per heavy atom. The Kier molecular flexibility index (Phi) is 13.2. The molecule has 1 aliphatic rings. The topological polar surface area (TPSA) is 40.5 Å². The lowest BCUT2D eigenvalue weighted by Crippen LogP contribution is -2.43. The smallest absolute Gasteiger partial charge is 0.141 e. The van der Waals surface area contributed by atoms with E-state index >= 15 is 0 Å². The van der Waals surface area contributed by atoms with Crippen LogP contribution in [0.25, 0.3) is 5.57 Å². The zero-order valence-corrected chi connectivity index (χ0v) is 23.1. The van der Waals surface area contributed by atoms with Gasteiger partial charge in [-0.15, -0.1) is 0 Å². The highest BCUT2D eigenvalue weighted by atomic mass is 35.5. The van der Waals surface area contributed by atoms with Crippen molar-refractivity contribution in [1.29, 1.82) is 0 Å². The first-order chi connectivity index (χ1) is 17.4. The maximum atomic E-state index is 12.6. The van der Waals surface area contributed by atoms with Gasteiger partial charge in [0.25, 0.3) is 0 Å². The lowest BCUT2D eigenvalue weighted by molar-refractivity contribution is 0.299. The average Bonchev–Trinajstić information content (AvgIpc) is 2.90. The van der Waals surface area contributed by atoms with Gasteiger partial charge < -0.3 is 10.2 Å². The van der Waals surface area contributed by atoms with E-state index in [9.17, 15) is 4.39 Å². The van der Waals surface area contributed by atoms with E-state index in [4.69, 9.17) is 16.6 Å². The van der Waals surface area contributed by atoms with E-state index < -0.39 is 0 Å². The van der Waals surface area contributed by atoms with Crippen molar-refractivity contribution in [3.8, 4) is 0 Å². The molecule has 0 atom stereocenters. The lowest BCUT2D eigenvalue weighted by atomic mass is 9.95. The zero-order valence-electron chi connectivity index (χ0n) is 22.3. The molecule has 3 rings (SSSR count). The molecule has 2 heterocycles. The molecule has 2 aromatic rings. The number of allylic oxidation sites excluding steroid dienone is 5. The van der Waals surface area contributed by atoms with E-state index in [1.165, 1.54) is 17.3 Å². The second-order valence-electron chi connectivity index (χ2n) is 8.62. The molecule has 0 unspecified atom stereocenters. The SMILES string of the molecule is CCCc1ccc(F)c(Cl)c1.C\C=C(C(/C(C)=N/C=C/CC)=C(/C)N1CCNCC1)\c1ccccn1. The highest BCUT2D eigenvalue weighted by molar-refractivity contribution is 6.30. The van der Waals surface area contributed by atoms with Crippen LogP contribution in [0.3, 0.4) is 0 Å². The van der Waals surface area contributed by atoms with Crippen LogP contribution in [0.1, 0.15) is 58.7 Å². The Morgan fingerprint density at radius 1 is 1.17 bits per heavy atom. The Balaban J connectivity index is 0.000000346. The van der Waals surface area contributed by atoms with Crippen LogP contribution in [-0.4, -0.2) is 41.8 Å². The number of pyridine rings is 1. The van der Waals surface area contributed by atoms with Crippen molar-refractivity contribution in [3.63, 3.8) is 0 Å². The van der Waals surface area contributed by atoms with Gasteiger partial charge in [0, 0.05) is 61.1 Å². The summed E-state index contributed by atoms with van der Waals surface area (Å²) in [4.78, 5) is 11.7. The van der Waals surface area contributed by atoms with Gasteiger partial charge in [0.15, 0.2) is 0 Å². The fraction of sp³-hybridized carbons (Fsp3) is 0.400. The van der Waals surface area contributed by atoms with E-state index in [0.29, 0.717) is 0 Å². The molecule has 1 N–H and O–H groups in total. The molecule has 0 amide bonds. The summed E-state index contributed by atoms with van der Waals surface area (Å²) in [5.41, 5.74) is 6.71. The molecule has 1 aliphatic heterocycles. The lowest BCUT2D eigenvalue weighted by Gasteiger charge is -2.32. The number of piperazine rings is 1. The molecular weight excluding hydrogens is 471 g/mol. The van der Waals surface area contributed by atoms with Crippen LogP contribution in [0.5, 0.6) is 0 Å². The predicted octanol–water partition coefficient (Wildman–Crippen LogP) is 7.48. The van der Waals surface area contributed by atoms with Gasteiger partial charge >= 0.3 is 0 Å². The molecular formula is C30H40ClFN4. The number of hydrogen-bond acceptors (Lipinski definition) is 4. The highest BCUT2D eigenvalue weighted by Crippen LogP contribution is 2.27. The van der Waals surface area contributed by atoms with Gasteiger partial charge in [0.1, 0.15) is 5.82 Å². The fourth-order valence-corrected chi connectivity index (χ4v) is 4.27. The van der Waals surface area contributed by atoms with Crippen LogP contribution >= 0.6 is 11.6 Å². The number of halogens is 2. The number of nitrogens with one attached hydrogen (secondary N) is 1. The number of nitrogens with zero attached hydrogens (tertiary/aromatic N) is 3. The molecule has 0 saturated carbocycles. The van der Waals surface area contributed by atoms with Gasteiger partial charge in [-0.3, -0.25) is 9.98 Å². The van der Waals surface area contributed by atoms with Gasteiger partial charge in [-0.25, -0.2) is 4.39 Å². The van der Waals surface area contributed by atoms with Crippen LogP contribution in [0.2, 0.25) is 5.02 Å². The van der Waals surface area contributed by atoms with E-state index in [-0.39, 0.29) is 10.8 Å². The zero-order chi connectivity index (χ0) is 26.3. The molecule has 1 saturated heterocycles. The molecule has 1 aromatic heterocycles. The molecule has 0 aliphatic carbocycles. The van der Waals surface area contributed by atoms with E-state index in [2.05, 4.69) is 68.0 Å². The quantitative estimate of drug-likeness (QED) is 0.295. The average molecular weight is 511 g/mol. The highest BCUT2D eigenvalue weighted by Gasteiger charge is 2.19. The van der Waals surface area contributed by atoms with Crippen LogP contribution in [0, 0.1) is 5.82 Å². The number of rotatable bonds is 8. The molecule has 4 nitrogen and oxygen atoms in total. The summed E-state index contributed by atoms with van der Waals surface area (Å²) in [5, 5.41) is 3.64. The molecule has 36 heavy (non-hydrogen) atoms. The van der Waals surface area contributed by atoms with Crippen molar-refractivity contribution in [1.82, 2.24) is 15.2 Å². The number of aryl methyl sites for hydroxylation is 1. The first-order valence-corrected chi connectivity index (χ1v) is 13.2. The predicted molar refractivity (Wildman–Crippen MR) is 153 cm³/mol. The number of hydrogen-bond donors (Lipinski definition) is 1. The van der Waals surface area contributed by atoms with Crippen molar-refractivity contribution in [3.05, 3.63) is 94.3 Å². The second-order valence-corrected chi connectivity index (χ2v) is 9.03. The third-order valence-electron chi connectivity index (χ3n) is 5.95. The summed E-state index contributed by atoms with van der Waals surface area (Å²) < 4.78 is 12.6. The van der Waals surface area contributed by atoms with Gasteiger partial charge in [0.05, 0.1) is 10.7 Å². The van der Waals surface area contributed by atoms with Gasteiger partial charge in [0.2, 0.25) is 0 Å². The minimum Gasteiger partial charge on any atom is -0.372 e. The third-order valence-corrected chi connectivity index (χ3v) is 6.24. The molecule has 0 spiro atoms. The standard InChI is InChI=1S/C21H30N4.C9H10ClF/c1-5-7-11-23-17(3)21(18(4)25-15-13-22-14-16-25)19(6-2)20-10-8-9-12-24-20;1-2-3-7-4-5-9(11)8(10)6-7/h6-12,22H,5,13-16H2,1-4H3;4-6H,2-3H2,1H3/b11-7+,19-6-,21-18-,23-17+;. The Morgan fingerprint density at radius 2 is 1.92 bits per heavy atom. The monoisotopic (exact) mass is 510 g/mol. The Bertz CT molecular complexity index is 1070. The third kappa shape index (κ3) is 9.03. The van der Waals surface area contributed by atoms with Crippen LogP contribution in [-0.2, 0) is 6.42 Å². The number of benzene rings is 1. The normalized spacial score (nSPS) is 15.5. The molecule has 6 heteroatoms. The maximum absolute atomic E-state index is 12.6. The van der Waals surface area contributed by atoms with Gasteiger partial charge in [-0.05, 0) is 63.4 Å².